The van der Waals surface area contributed by atoms with Crippen LogP contribution in [0.4, 0.5) is 0 Å². The summed E-state index contributed by atoms with van der Waals surface area (Å²) in [6.45, 7) is 7.25. The molecule has 1 aliphatic rings. The molecule has 0 unspecified atom stereocenters. The lowest BCUT2D eigenvalue weighted by Gasteiger charge is -2.34. The maximum atomic E-state index is 10.3. The predicted octanol–water partition coefficient (Wildman–Crippen LogP) is 3.39. The standard InChI is InChI=1S/C20H32N2O/c23-19-9-3-8-14-22-17-15-21(16-18-22)13-7-2-6-12-20-10-4-1-5-11-20/h1,4-5,10-11,19H,2-3,6-9,12-18H2. The number of rotatable bonds is 11. The van der Waals surface area contributed by atoms with Crippen molar-refractivity contribution in [3.05, 3.63) is 35.9 Å². The summed E-state index contributed by atoms with van der Waals surface area (Å²) < 4.78 is 0. The molecule has 0 amide bonds. The van der Waals surface area contributed by atoms with Gasteiger partial charge in [0.15, 0.2) is 0 Å². The van der Waals surface area contributed by atoms with Crippen molar-refractivity contribution < 1.29 is 4.79 Å². The number of hydrogen-bond donors (Lipinski definition) is 0. The minimum absolute atomic E-state index is 0.725. The van der Waals surface area contributed by atoms with Gasteiger partial charge in [-0.1, -0.05) is 36.8 Å². The molecule has 0 saturated carbocycles. The number of benzene rings is 1. The molecule has 0 bridgehead atoms. The molecule has 23 heavy (non-hydrogen) atoms. The first kappa shape index (κ1) is 18.2. The Hall–Kier alpha value is -1.19. The van der Waals surface area contributed by atoms with Crippen LogP contribution < -0.4 is 0 Å². The number of piperazine rings is 1. The maximum absolute atomic E-state index is 10.3. The van der Waals surface area contributed by atoms with E-state index < -0.39 is 0 Å². The van der Waals surface area contributed by atoms with Crippen LogP contribution in [0, 0.1) is 0 Å². The Morgan fingerprint density at radius 3 is 2.00 bits per heavy atom. The molecule has 3 nitrogen and oxygen atoms in total. The van der Waals surface area contributed by atoms with Crippen LogP contribution >= 0.6 is 0 Å². The Labute approximate surface area is 141 Å². The molecule has 128 valence electrons. The van der Waals surface area contributed by atoms with E-state index in [2.05, 4.69) is 40.1 Å². The Bertz CT molecular complexity index is 413. The highest BCUT2D eigenvalue weighted by Crippen LogP contribution is 2.09. The van der Waals surface area contributed by atoms with Gasteiger partial charge in [-0.05, 0) is 50.8 Å². The molecule has 0 radical (unpaired) electrons. The number of hydrogen-bond acceptors (Lipinski definition) is 3. The van der Waals surface area contributed by atoms with Crippen molar-refractivity contribution in [1.82, 2.24) is 9.80 Å². The number of nitrogens with zero attached hydrogens (tertiary/aromatic N) is 2. The molecule has 0 atom stereocenters. The molecule has 0 N–H and O–H groups in total. The van der Waals surface area contributed by atoms with E-state index in [-0.39, 0.29) is 0 Å². The van der Waals surface area contributed by atoms with Crippen LogP contribution in [0.1, 0.15) is 44.1 Å². The summed E-state index contributed by atoms with van der Waals surface area (Å²) in [5, 5.41) is 0. The average molecular weight is 316 g/mol. The minimum Gasteiger partial charge on any atom is -0.303 e. The second-order valence-corrected chi connectivity index (χ2v) is 6.64. The van der Waals surface area contributed by atoms with Crippen LogP contribution in [0.3, 0.4) is 0 Å². The molecule has 0 aromatic heterocycles. The van der Waals surface area contributed by atoms with E-state index >= 15 is 0 Å². The summed E-state index contributed by atoms with van der Waals surface area (Å²) >= 11 is 0. The molecule has 0 aliphatic carbocycles. The molecule has 1 heterocycles. The largest absolute Gasteiger partial charge is 0.303 e. The molecular formula is C20H32N2O. The Kier molecular flexibility index (Phi) is 8.97. The molecule has 1 saturated heterocycles. The highest BCUT2D eigenvalue weighted by molar-refractivity contribution is 5.48. The summed E-state index contributed by atoms with van der Waals surface area (Å²) in [6, 6.07) is 10.8. The number of aryl methyl sites for hydroxylation is 1. The predicted molar refractivity (Wildman–Crippen MR) is 96.8 cm³/mol. The SMILES string of the molecule is O=CCCCCN1CCN(CCCCCc2ccccc2)CC1. The number of unbranched alkanes of at least 4 members (excludes halogenated alkanes) is 4. The highest BCUT2D eigenvalue weighted by atomic mass is 16.1. The van der Waals surface area contributed by atoms with Gasteiger partial charge < -0.3 is 14.6 Å². The second kappa shape index (κ2) is 11.4. The van der Waals surface area contributed by atoms with Crippen LogP contribution in [0.2, 0.25) is 0 Å². The lowest BCUT2D eigenvalue weighted by molar-refractivity contribution is -0.107. The highest BCUT2D eigenvalue weighted by Gasteiger charge is 2.15. The van der Waals surface area contributed by atoms with E-state index in [1.54, 1.807) is 0 Å². The third-order valence-electron chi connectivity index (χ3n) is 4.79. The third kappa shape index (κ3) is 7.76. The van der Waals surface area contributed by atoms with Gasteiger partial charge in [0.2, 0.25) is 0 Å². The van der Waals surface area contributed by atoms with Crippen molar-refractivity contribution in [1.29, 1.82) is 0 Å². The monoisotopic (exact) mass is 316 g/mol. The van der Waals surface area contributed by atoms with Gasteiger partial charge in [0, 0.05) is 32.6 Å². The van der Waals surface area contributed by atoms with Gasteiger partial charge in [-0.25, -0.2) is 0 Å². The summed E-state index contributed by atoms with van der Waals surface area (Å²) in [5.74, 6) is 0. The van der Waals surface area contributed by atoms with E-state index in [1.165, 1.54) is 70.5 Å². The van der Waals surface area contributed by atoms with Gasteiger partial charge in [0.25, 0.3) is 0 Å². The first-order chi connectivity index (χ1) is 11.4. The average Bonchev–Trinajstić information content (AvgIpc) is 2.60. The smallest absolute Gasteiger partial charge is 0.119 e. The van der Waals surface area contributed by atoms with Crippen molar-refractivity contribution in [3.63, 3.8) is 0 Å². The fraction of sp³-hybridized carbons (Fsp3) is 0.650. The van der Waals surface area contributed by atoms with E-state index in [9.17, 15) is 4.79 Å². The number of aldehydes is 1. The Morgan fingerprint density at radius 1 is 0.783 bits per heavy atom. The summed E-state index contributed by atoms with van der Waals surface area (Å²) in [4.78, 5) is 15.5. The van der Waals surface area contributed by atoms with Gasteiger partial charge in [0.05, 0.1) is 0 Å². The molecular weight excluding hydrogens is 284 g/mol. The Morgan fingerprint density at radius 2 is 1.39 bits per heavy atom. The summed E-state index contributed by atoms with van der Waals surface area (Å²) in [5.41, 5.74) is 1.47. The zero-order valence-electron chi connectivity index (χ0n) is 14.5. The van der Waals surface area contributed by atoms with E-state index in [0.717, 1.165) is 25.5 Å². The van der Waals surface area contributed by atoms with Crippen LogP contribution in [-0.4, -0.2) is 55.4 Å². The van der Waals surface area contributed by atoms with Crippen molar-refractivity contribution in [3.8, 4) is 0 Å². The normalized spacial score (nSPS) is 16.5. The molecule has 3 heteroatoms. The molecule has 1 aromatic carbocycles. The lowest BCUT2D eigenvalue weighted by atomic mass is 10.1. The molecule has 2 rings (SSSR count). The van der Waals surface area contributed by atoms with Crippen LogP contribution in [0.15, 0.2) is 30.3 Å². The number of carbonyl (C=O) groups excluding carboxylic acids is 1. The first-order valence-electron chi connectivity index (χ1n) is 9.31. The van der Waals surface area contributed by atoms with E-state index in [4.69, 9.17) is 0 Å². The lowest BCUT2D eigenvalue weighted by Crippen LogP contribution is -2.46. The quantitative estimate of drug-likeness (QED) is 0.462. The van der Waals surface area contributed by atoms with Crippen LogP contribution in [0.5, 0.6) is 0 Å². The number of carbonyl (C=O) groups is 1. The van der Waals surface area contributed by atoms with Crippen molar-refractivity contribution in [2.24, 2.45) is 0 Å². The first-order valence-corrected chi connectivity index (χ1v) is 9.31. The van der Waals surface area contributed by atoms with E-state index in [1.807, 2.05) is 0 Å². The van der Waals surface area contributed by atoms with Gasteiger partial charge in [-0.2, -0.15) is 0 Å². The zero-order valence-corrected chi connectivity index (χ0v) is 14.5. The van der Waals surface area contributed by atoms with Crippen LogP contribution in [0.25, 0.3) is 0 Å². The van der Waals surface area contributed by atoms with Crippen molar-refractivity contribution >= 4 is 6.29 Å². The minimum atomic E-state index is 0.725. The van der Waals surface area contributed by atoms with Crippen LogP contribution in [-0.2, 0) is 11.2 Å². The molecule has 1 aromatic rings. The fourth-order valence-electron chi connectivity index (χ4n) is 3.29. The van der Waals surface area contributed by atoms with Crippen molar-refractivity contribution in [2.75, 3.05) is 39.3 Å². The van der Waals surface area contributed by atoms with Gasteiger partial charge in [-0.3, -0.25) is 0 Å². The fourth-order valence-corrected chi connectivity index (χ4v) is 3.29. The third-order valence-corrected chi connectivity index (χ3v) is 4.79. The van der Waals surface area contributed by atoms with Crippen molar-refractivity contribution in [2.45, 2.75) is 44.9 Å². The van der Waals surface area contributed by atoms with Gasteiger partial charge >= 0.3 is 0 Å². The van der Waals surface area contributed by atoms with E-state index in [0.29, 0.717) is 0 Å². The van der Waals surface area contributed by atoms with Gasteiger partial charge in [0.1, 0.15) is 6.29 Å². The Balaban J connectivity index is 1.46. The van der Waals surface area contributed by atoms with Gasteiger partial charge in [-0.15, -0.1) is 0 Å². The topological polar surface area (TPSA) is 23.6 Å². The maximum Gasteiger partial charge on any atom is 0.119 e. The molecule has 1 aliphatic heterocycles. The second-order valence-electron chi connectivity index (χ2n) is 6.64. The summed E-state index contributed by atoms with van der Waals surface area (Å²) in [6.07, 6.45) is 9.16. The molecule has 1 fully saturated rings. The molecule has 0 spiro atoms. The summed E-state index contributed by atoms with van der Waals surface area (Å²) in [7, 11) is 0. The zero-order chi connectivity index (χ0) is 16.2.